The van der Waals surface area contributed by atoms with E-state index in [1.165, 1.54) is 19.3 Å². The van der Waals surface area contributed by atoms with Crippen LogP contribution in [0.4, 0.5) is 0 Å². The van der Waals surface area contributed by atoms with E-state index < -0.39 is 0 Å². The van der Waals surface area contributed by atoms with Gasteiger partial charge in [-0.15, -0.1) is 0 Å². The van der Waals surface area contributed by atoms with Crippen LogP contribution in [-0.4, -0.2) is 10.8 Å². The molecule has 2 atom stereocenters. The van der Waals surface area contributed by atoms with E-state index in [2.05, 4.69) is 27.8 Å². The maximum atomic E-state index is 12.5. The second-order valence-electron chi connectivity index (χ2n) is 4.76. The summed E-state index contributed by atoms with van der Waals surface area (Å²) in [6, 6.07) is 3.74. The van der Waals surface area contributed by atoms with Gasteiger partial charge < -0.3 is 0 Å². The van der Waals surface area contributed by atoms with E-state index in [1.807, 2.05) is 12.1 Å². The van der Waals surface area contributed by atoms with Crippen molar-refractivity contribution in [2.24, 2.45) is 11.8 Å². The van der Waals surface area contributed by atoms with E-state index in [1.54, 1.807) is 6.20 Å². The van der Waals surface area contributed by atoms with Gasteiger partial charge in [-0.3, -0.25) is 9.78 Å². The lowest BCUT2D eigenvalue weighted by Crippen LogP contribution is -2.27. The number of pyridine rings is 1. The van der Waals surface area contributed by atoms with Crippen LogP contribution >= 0.6 is 15.9 Å². The van der Waals surface area contributed by atoms with Crippen LogP contribution in [0, 0.1) is 11.8 Å². The third-order valence-corrected chi connectivity index (χ3v) is 4.40. The number of hydrogen-bond donors (Lipinski definition) is 0. The molecule has 0 amide bonds. The summed E-state index contributed by atoms with van der Waals surface area (Å²) in [5.74, 6) is 0.953. The molecule has 0 aliphatic heterocycles. The Kier molecular flexibility index (Phi) is 4.32. The Morgan fingerprint density at radius 1 is 1.47 bits per heavy atom. The molecule has 1 fully saturated rings. The molecule has 0 spiro atoms. The van der Waals surface area contributed by atoms with E-state index >= 15 is 0 Å². The molecule has 0 bridgehead atoms. The van der Waals surface area contributed by atoms with Gasteiger partial charge in [-0.2, -0.15) is 0 Å². The average molecular weight is 296 g/mol. The van der Waals surface area contributed by atoms with Crippen LogP contribution in [0.15, 0.2) is 22.8 Å². The molecule has 17 heavy (non-hydrogen) atoms. The highest BCUT2D eigenvalue weighted by Crippen LogP contribution is 2.35. The molecule has 0 N–H and O–H groups in total. The number of carbonyl (C=O) groups excluding carboxylic acids is 1. The lowest BCUT2D eigenvalue weighted by atomic mass is 9.75. The highest BCUT2D eigenvalue weighted by atomic mass is 79.9. The number of rotatable bonds is 3. The fourth-order valence-corrected chi connectivity index (χ4v) is 3.23. The van der Waals surface area contributed by atoms with E-state index in [9.17, 15) is 4.79 Å². The predicted octanol–water partition coefficient (Wildman–Crippen LogP) is 4.24. The van der Waals surface area contributed by atoms with Crippen molar-refractivity contribution in [3.05, 3.63) is 28.5 Å². The van der Waals surface area contributed by atoms with Gasteiger partial charge in [0.05, 0.1) is 0 Å². The summed E-state index contributed by atoms with van der Waals surface area (Å²) in [5.41, 5.74) is 0.609. The molecule has 2 rings (SSSR count). The molecule has 1 saturated carbocycles. The number of aromatic nitrogens is 1. The van der Waals surface area contributed by atoms with Gasteiger partial charge in [-0.1, -0.05) is 26.2 Å². The highest BCUT2D eigenvalue weighted by molar-refractivity contribution is 9.10. The largest absolute Gasteiger partial charge is 0.292 e. The predicted molar refractivity (Wildman–Crippen MR) is 72.0 cm³/mol. The van der Waals surface area contributed by atoms with E-state index in [0.29, 0.717) is 11.6 Å². The van der Waals surface area contributed by atoms with Crippen LogP contribution in [-0.2, 0) is 0 Å². The molecule has 92 valence electrons. The van der Waals surface area contributed by atoms with Crippen LogP contribution in [0.25, 0.3) is 0 Å². The fourth-order valence-electron chi connectivity index (χ4n) is 2.78. The molecule has 1 aromatic rings. The Morgan fingerprint density at radius 3 is 2.94 bits per heavy atom. The first kappa shape index (κ1) is 12.7. The smallest absolute Gasteiger partial charge is 0.185 e. The van der Waals surface area contributed by atoms with Crippen molar-refractivity contribution in [2.45, 2.75) is 39.0 Å². The van der Waals surface area contributed by atoms with E-state index in [4.69, 9.17) is 0 Å². The quantitative estimate of drug-likeness (QED) is 0.781. The number of nitrogens with zero attached hydrogens (tertiary/aromatic N) is 1. The van der Waals surface area contributed by atoms with Crippen molar-refractivity contribution in [3.8, 4) is 0 Å². The molecule has 1 heterocycles. The summed E-state index contributed by atoms with van der Waals surface area (Å²) in [7, 11) is 0. The zero-order valence-corrected chi connectivity index (χ0v) is 11.7. The van der Waals surface area contributed by atoms with Gasteiger partial charge in [0.1, 0.15) is 5.69 Å². The van der Waals surface area contributed by atoms with Gasteiger partial charge in [0, 0.05) is 16.6 Å². The second-order valence-corrected chi connectivity index (χ2v) is 5.61. The first-order valence-electron chi connectivity index (χ1n) is 6.38. The summed E-state index contributed by atoms with van der Waals surface area (Å²) in [4.78, 5) is 16.7. The molecule has 2 nitrogen and oxygen atoms in total. The summed E-state index contributed by atoms with van der Waals surface area (Å²) in [6.07, 6.45) is 7.46. The summed E-state index contributed by atoms with van der Waals surface area (Å²) in [6.45, 7) is 2.18. The van der Waals surface area contributed by atoms with E-state index in [0.717, 1.165) is 17.3 Å². The van der Waals surface area contributed by atoms with Crippen molar-refractivity contribution in [3.63, 3.8) is 0 Å². The molecular formula is C14H18BrNO. The lowest BCUT2D eigenvalue weighted by molar-refractivity contribution is 0.0814. The Balaban J connectivity index is 2.21. The van der Waals surface area contributed by atoms with Crippen LogP contribution in [0.5, 0.6) is 0 Å². The van der Waals surface area contributed by atoms with Gasteiger partial charge in [0.15, 0.2) is 5.78 Å². The maximum Gasteiger partial charge on any atom is 0.185 e. The topological polar surface area (TPSA) is 30.0 Å². The van der Waals surface area contributed by atoms with Gasteiger partial charge in [-0.05, 0) is 46.8 Å². The molecule has 1 aliphatic carbocycles. The Bertz CT molecular complexity index is 405. The van der Waals surface area contributed by atoms with Crippen molar-refractivity contribution in [2.75, 3.05) is 0 Å². The van der Waals surface area contributed by atoms with Crippen molar-refractivity contribution in [1.29, 1.82) is 0 Å². The van der Waals surface area contributed by atoms with Gasteiger partial charge >= 0.3 is 0 Å². The molecule has 1 aliphatic rings. The minimum absolute atomic E-state index is 0.181. The monoisotopic (exact) mass is 295 g/mol. The summed E-state index contributed by atoms with van der Waals surface area (Å²) < 4.78 is 0.824. The third kappa shape index (κ3) is 2.76. The van der Waals surface area contributed by atoms with Gasteiger partial charge in [0.2, 0.25) is 0 Å². The van der Waals surface area contributed by atoms with Gasteiger partial charge in [-0.25, -0.2) is 0 Å². The Labute approximate surface area is 111 Å². The minimum atomic E-state index is 0.181. The first-order chi connectivity index (χ1) is 8.24. The average Bonchev–Trinajstić information content (AvgIpc) is 2.38. The van der Waals surface area contributed by atoms with Crippen molar-refractivity contribution < 1.29 is 4.79 Å². The zero-order chi connectivity index (χ0) is 12.3. The fraction of sp³-hybridized carbons (Fsp3) is 0.571. The molecule has 2 unspecified atom stereocenters. The number of halogens is 1. The van der Waals surface area contributed by atoms with Gasteiger partial charge in [0.25, 0.3) is 0 Å². The van der Waals surface area contributed by atoms with Crippen LogP contribution in [0.3, 0.4) is 0 Å². The Morgan fingerprint density at radius 2 is 2.24 bits per heavy atom. The minimum Gasteiger partial charge on any atom is -0.292 e. The van der Waals surface area contributed by atoms with Crippen LogP contribution in [0.2, 0.25) is 0 Å². The second kappa shape index (κ2) is 5.76. The van der Waals surface area contributed by atoms with E-state index in [-0.39, 0.29) is 11.7 Å². The third-order valence-electron chi connectivity index (χ3n) is 3.76. The van der Waals surface area contributed by atoms with Crippen molar-refractivity contribution in [1.82, 2.24) is 4.98 Å². The number of Topliss-reactive ketones (excluding diaryl/α,β-unsaturated/α-hetero) is 1. The van der Waals surface area contributed by atoms with Crippen LogP contribution < -0.4 is 0 Å². The standard InChI is InChI=1S/C14H18BrNO/c1-2-10-6-3-4-7-11(10)14(17)13-12(15)8-5-9-16-13/h5,8-11H,2-4,6-7H2,1H3. The van der Waals surface area contributed by atoms with Crippen molar-refractivity contribution >= 4 is 21.7 Å². The number of carbonyl (C=O) groups is 1. The molecule has 0 radical (unpaired) electrons. The molecule has 0 saturated heterocycles. The molecule has 3 heteroatoms. The first-order valence-corrected chi connectivity index (χ1v) is 7.18. The number of hydrogen-bond acceptors (Lipinski definition) is 2. The molecular weight excluding hydrogens is 278 g/mol. The van der Waals surface area contributed by atoms with Crippen LogP contribution in [0.1, 0.15) is 49.5 Å². The normalized spacial score (nSPS) is 24.6. The maximum absolute atomic E-state index is 12.5. The number of ketones is 1. The zero-order valence-electron chi connectivity index (χ0n) is 10.2. The lowest BCUT2D eigenvalue weighted by Gasteiger charge is -2.29. The molecule has 0 aromatic carbocycles. The Hall–Kier alpha value is -0.700. The summed E-state index contributed by atoms with van der Waals surface area (Å²) >= 11 is 3.42. The molecule has 1 aromatic heterocycles. The highest BCUT2D eigenvalue weighted by Gasteiger charge is 2.31. The summed E-state index contributed by atoms with van der Waals surface area (Å²) in [5, 5.41) is 0. The SMILES string of the molecule is CCC1CCCCC1C(=O)c1ncccc1Br.